The lowest BCUT2D eigenvalue weighted by Crippen LogP contribution is -2.28. The Morgan fingerprint density at radius 3 is 2.80 bits per heavy atom. The average Bonchev–Trinajstić information content (AvgIpc) is 2.49. The van der Waals surface area contributed by atoms with Crippen molar-refractivity contribution in [2.24, 2.45) is 5.92 Å². The molecule has 1 aliphatic heterocycles. The molecule has 1 saturated heterocycles. The molecule has 0 spiro atoms. The lowest BCUT2D eigenvalue weighted by molar-refractivity contribution is -0.138. The first kappa shape index (κ1) is 11.8. The number of allylic oxidation sites excluding steroid dienone is 1. The van der Waals surface area contributed by atoms with Crippen molar-refractivity contribution in [2.45, 2.75) is 33.1 Å². The van der Waals surface area contributed by atoms with Gasteiger partial charge >= 0.3 is 5.97 Å². The Bertz CT molecular complexity index is 296. The monoisotopic (exact) mass is 211 g/mol. The highest BCUT2D eigenvalue weighted by Gasteiger charge is 2.33. The van der Waals surface area contributed by atoms with Gasteiger partial charge in [-0.2, -0.15) is 0 Å². The van der Waals surface area contributed by atoms with Crippen LogP contribution in [0.5, 0.6) is 0 Å². The van der Waals surface area contributed by atoms with Gasteiger partial charge in [-0.15, -0.1) is 0 Å². The molecule has 0 aromatic heterocycles. The standard InChI is InChI=1S/C11H17NO3/c1-3-5-8-6-10(13)12(7-8)9(4-2)11(14)15/h4,8H,3,5-7H2,1-2H3,(H,14,15)/b9-4-/t8-/m0/s1. The molecule has 0 aromatic rings. The number of nitrogens with zero attached hydrogens (tertiary/aromatic N) is 1. The summed E-state index contributed by atoms with van der Waals surface area (Å²) in [5.74, 6) is -0.774. The Kier molecular flexibility index (Phi) is 3.88. The van der Waals surface area contributed by atoms with Crippen molar-refractivity contribution >= 4 is 11.9 Å². The fraction of sp³-hybridized carbons (Fsp3) is 0.636. The van der Waals surface area contributed by atoms with Gasteiger partial charge in [-0.05, 0) is 19.3 Å². The predicted octanol–water partition coefficient (Wildman–Crippen LogP) is 1.62. The Balaban J connectivity index is 2.72. The predicted molar refractivity (Wildman–Crippen MR) is 56.1 cm³/mol. The summed E-state index contributed by atoms with van der Waals surface area (Å²) in [5.41, 5.74) is 0.110. The molecule has 4 nitrogen and oxygen atoms in total. The number of hydrogen-bond donors (Lipinski definition) is 1. The SMILES string of the molecule is C/C=C(/C(=O)O)N1C[C@@H](CCC)CC1=O. The summed E-state index contributed by atoms with van der Waals surface area (Å²) in [7, 11) is 0. The van der Waals surface area contributed by atoms with Crippen LogP contribution in [0.1, 0.15) is 33.1 Å². The number of hydrogen-bond acceptors (Lipinski definition) is 2. The first-order valence-electron chi connectivity index (χ1n) is 5.30. The van der Waals surface area contributed by atoms with Crippen LogP contribution < -0.4 is 0 Å². The van der Waals surface area contributed by atoms with Crippen LogP contribution >= 0.6 is 0 Å². The van der Waals surface area contributed by atoms with Crippen molar-refractivity contribution in [1.82, 2.24) is 4.90 Å². The maximum absolute atomic E-state index is 11.6. The van der Waals surface area contributed by atoms with E-state index in [1.54, 1.807) is 6.92 Å². The quantitative estimate of drug-likeness (QED) is 0.719. The van der Waals surface area contributed by atoms with Crippen molar-refractivity contribution in [2.75, 3.05) is 6.54 Å². The molecule has 4 heteroatoms. The minimum Gasteiger partial charge on any atom is -0.477 e. The van der Waals surface area contributed by atoms with Crippen LogP contribution in [-0.4, -0.2) is 28.4 Å². The molecule has 1 atom stereocenters. The Hall–Kier alpha value is -1.32. The fourth-order valence-corrected chi connectivity index (χ4v) is 2.01. The zero-order valence-corrected chi connectivity index (χ0v) is 9.19. The summed E-state index contributed by atoms with van der Waals surface area (Å²) in [4.78, 5) is 23.8. The summed E-state index contributed by atoms with van der Waals surface area (Å²) in [6.45, 7) is 4.27. The number of likely N-dealkylation sites (tertiary alicyclic amines) is 1. The molecular weight excluding hydrogens is 194 g/mol. The maximum Gasteiger partial charge on any atom is 0.352 e. The van der Waals surface area contributed by atoms with Gasteiger partial charge in [0.05, 0.1) is 0 Å². The third kappa shape index (κ3) is 2.58. The van der Waals surface area contributed by atoms with Gasteiger partial charge in [0, 0.05) is 13.0 Å². The molecule has 0 radical (unpaired) electrons. The van der Waals surface area contributed by atoms with Crippen LogP contribution in [0.4, 0.5) is 0 Å². The van der Waals surface area contributed by atoms with Gasteiger partial charge in [0.2, 0.25) is 5.91 Å². The van der Waals surface area contributed by atoms with Crippen molar-refractivity contribution in [3.63, 3.8) is 0 Å². The topological polar surface area (TPSA) is 57.6 Å². The highest BCUT2D eigenvalue weighted by Crippen LogP contribution is 2.25. The normalized spacial score (nSPS) is 22.3. The highest BCUT2D eigenvalue weighted by molar-refractivity contribution is 5.93. The number of amides is 1. The molecule has 1 amide bonds. The number of carboxylic acids is 1. The Labute approximate surface area is 89.6 Å². The molecule has 0 bridgehead atoms. The third-order valence-electron chi connectivity index (χ3n) is 2.69. The molecule has 0 aromatic carbocycles. The highest BCUT2D eigenvalue weighted by atomic mass is 16.4. The number of carbonyl (C=O) groups is 2. The molecule has 84 valence electrons. The minimum atomic E-state index is -1.03. The number of carboxylic acid groups (broad SMARTS) is 1. The fourth-order valence-electron chi connectivity index (χ4n) is 2.01. The summed E-state index contributed by atoms with van der Waals surface area (Å²) in [5, 5.41) is 8.91. The second-order valence-electron chi connectivity index (χ2n) is 3.84. The van der Waals surface area contributed by atoms with Crippen LogP contribution in [0, 0.1) is 5.92 Å². The van der Waals surface area contributed by atoms with E-state index in [0.29, 0.717) is 18.9 Å². The maximum atomic E-state index is 11.6. The Morgan fingerprint density at radius 1 is 1.67 bits per heavy atom. The number of carbonyl (C=O) groups excluding carboxylic acids is 1. The molecule has 0 saturated carbocycles. The van der Waals surface area contributed by atoms with Crippen LogP contribution in [-0.2, 0) is 9.59 Å². The second-order valence-corrected chi connectivity index (χ2v) is 3.84. The van der Waals surface area contributed by atoms with Crippen LogP contribution in [0.2, 0.25) is 0 Å². The van der Waals surface area contributed by atoms with E-state index in [2.05, 4.69) is 6.92 Å². The van der Waals surface area contributed by atoms with E-state index in [1.165, 1.54) is 11.0 Å². The first-order chi connectivity index (χ1) is 7.10. The average molecular weight is 211 g/mol. The smallest absolute Gasteiger partial charge is 0.352 e. The van der Waals surface area contributed by atoms with Crippen LogP contribution in [0.25, 0.3) is 0 Å². The molecule has 1 N–H and O–H groups in total. The molecule has 1 aliphatic rings. The second kappa shape index (κ2) is 4.96. The van der Waals surface area contributed by atoms with E-state index in [-0.39, 0.29) is 11.6 Å². The third-order valence-corrected chi connectivity index (χ3v) is 2.69. The van der Waals surface area contributed by atoms with E-state index in [0.717, 1.165) is 12.8 Å². The molecule has 1 fully saturated rings. The first-order valence-corrected chi connectivity index (χ1v) is 5.30. The van der Waals surface area contributed by atoms with Gasteiger partial charge in [-0.3, -0.25) is 4.79 Å². The lowest BCUT2D eigenvalue weighted by atomic mass is 10.0. The molecule has 15 heavy (non-hydrogen) atoms. The Morgan fingerprint density at radius 2 is 2.33 bits per heavy atom. The largest absolute Gasteiger partial charge is 0.477 e. The van der Waals surface area contributed by atoms with Gasteiger partial charge in [-0.25, -0.2) is 4.79 Å². The van der Waals surface area contributed by atoms with Crippen LogP contribution in [0.15, 0.2) is 11.8 Å². The van der Waals surface area contributed by atoms with Gasteiger partial charge in [0.25, 0.3) is 0 Å². The van der Waals surface area contributed by atoms with E-state index >= 15 is 0 Å². The minimum absolute atomic E-state index is 0.0658. The number of aliphatic carboxylic acids is 1. The zero-order valence-electron chi connectivity index (χ0n) is 9.19. The molecule has 1 rings (SSSR count). The number of rotatable bonds is 4. The molecular formula is C11H17NO3. The van der Waals surface area contributed by atoms with Gasteiger partial charge in [0.15, 0.2) is 0 Å². The van der Waals surface area contributed by atoms with E-state index in [9.17, 15) is 9.59 Å². The van der Waals surface area contributed by atoms with Crippen molar-refractivity contribution in [1.29, 1.82) is 0 Å². The van der Waals surface area contributed by atoms with Gasteiger partial charge < -0.3 is 10.0 Å². The zero-order chi connectivity index (χ0) is 11.4. The summed E-state index contributed by atoms with van der Waals surface area (Å²) in [6, 6.07) is 0. The van der Waals surface area contributed by atoms with Gasteiger partial charge in [-0.1, -0.05) is 19.4 Å². The molecule has 0 unspecified atom stereocenters. The lowest BCUT2D eigenvalue weighted by Gasteiger charge is -2.16. The van der Waals surface area contributed by atoms with E-state index < -0.39 is 5.97 Å². The molecule has 1 heterocycles. The van der Waals surface area contributed by atoms with Crippen molar-refractivity contribution in [3.05, 3.63) is 11.8 Å². The van der Waals surface area contributed by atoms with Crippen molar-refractivity contribution < 1.29 is 14.7 Å². The summed E-state index contributed by atoms with van der Waals surface area (Å²) in [6.07, 6.45) is 3.98. The van der Waals surface area contributed by atoms with E-state index in [1.807, 2.05) is 0 Å². The summed E-state index contributed by atoms with van der Waals surface area (Å²) < 4.78 is 0. The van der Waals surface area contributed by atoms with E-state index in [4.69, 9.17) is 5.11 Å². The van der Waals surface area contributed by atoms with Gasteiger partial charge in [0.1, 0.15) is 5.70 Å². The molecule has 0 aliphatic carbocycles. The van der Waals surface area contributed by atoms with Crippen LogP contribution in [0.3, 0.4) is 0 Å². The van der Waals surface area contributed by atoms with Crippen molar-refractivity contribution in [3.8, 4) is 0 Å². The summed E-state index contributed by atoms with van der Waals surface area (Å²) >= 11 is 0.